The molecule has 98 valence electrons. The Morgan fingerprint density at radius 1 is 1.18 bits per heavy atom. The summed E-state index contributed by atoms with van der Waals surface area (Å²) in [5.74, 6) is -1.48. The number of carboxylic acids is 1. The van der Waals surface area contributed by atoms with Gasteiger partial charge in [0.2, 0.25) is 5.91 Å². The van der Waals surface area contributed by atoms with Crippen LogP contribution in [-0.2, 0) is 14.3 Å². The molecule has 0 bridgehead atoms. The van der Waals surface area contributed by atoms with Gasteiger partial charge in [-0.1, -0.05) is 19.3 Å². The molecule has 0 aromatic carbocycles. The Morgan fingerprint density at radius 2 is 1.82 bits per heavy atom. The molecule has 6 heteroatoms. The first-order valence-corrected chi connectivity index (χ1v) is 5.79. The van der Waals surface area contributed by atoms with E-state index in [0.717, 1.165) is 32.1 Å². The monoisotopic (exact) mass is 245 g/mol. The van der Waals surface area contributed by atoms with E-state index in [-0.39, 0.29) is 19.1 Å². The van der Waals surface area contributed by atoms with Crippen molar-refractivity contribution in [2.45, 2.75) is 37.6 Å². The maximum absolute atomic E-state index is 11.5. The van der Waals surface area contributed by atoms with Gasteiger partial charge in [0.15, 0.2) is 0 Å². The number of nitrogens with one attached hydrogen (secondary N) is 1. The van der Waals surface area contributed by atoms with Crippen molar-refractivity contribution in [1.82, 2.24) is 5.32 Å². The molecule has 0 aromatic rings. The third-order valence-electron chi connectivity index (χ3n) is 2.98. The maximum atomic E-state index is 11.5. The van der Waals surface area contributed by atoms with Gasteiger partial charge in [0, 0.05) is 0 Å². The highest BCUT2D eigenvalue weighted by atomic mass is 16.5. The van der Waals surface area contributed by atoms with E-state index in [1.807, 2.05) is 0 Å². The highest BCUT2D eigenvalue weighted by Gasteiger charge is 2.32. The van der Waals surface area contributed by atoms with Crippen molar-refractivity contribution in [3.8, 4) is 0 Å². The molecule has 3 N–H and O–H groups in total. The Balaban J connectivity index is 2.34. The van der Waals surface area contributed by atoms with Crippen molar-refractivity contribution in [2.75, 3.05) is 19.8 Å². The highest BCUT2D eigenvalue weighted by Crippen LogP contribution is 2.27. The van der Waals surface area contributed by atoms with Crippen LogP contribution in [0.15, 0.2) is 0 Å². The van der Waals surface area contributed by atoms with E-state index >= 15 is 0 Å². The van der Waals surface area contributed by atoms with Gasteiger partial charge in [0.1, 0.15) is 13.2 Å². The molecule has 0 atom stereocenters. The topological polar surface area (TPSA) is 95.9 Å². The first kappa shape index (κ1) is 13.9. The van der Waals surface area contributed by atoms with Crippen LogP contribution in [0.5, 0.6) is 0 Å². The molecule has 0 radical (unpaired) electrons. The molecule has 0 aliphatic heterocycles. The fourth-order valence-electron chi connectivity index (χ4n) is 2.11. The number of carboxylic acid groups (broad SMARTS) is 1. The largest absolute Gasteiger partial charge is 0.480 e. The van der Waals surface area contributed by atoms with Crippen LogP contribution >= 0.6 is 0 Å². The summed E-state index contributed by atoms with van der Waals surface area (Å²) in [4.78, 5) is 21.7. The number of aliphatic hydroxyl groups excluding tert-OH is 1. The molecule has 1 fully saturated rings. The predicted molar refractivity (Wildman–Crippen MR) is 59.5 cm³/mol. The third kappa shape index (κ3) is 4.70. The van der Waals surface area contributed by atoms with E-state index in [1.54, 1.807) is 0 Å². The minimum atomic E-state index is -1.10. The van der Waals surface area contributed by atoms with Gasteiger partial charge in [-0.3, -0.25) is 4.79 Å². The molecule has 17 heavy (non-hydrogen) atoms. The van der Waals surface area contributed by atoms with E-state index in [9.17, 15) is 14.7 Å². The zero-order valence-corrected chi connectivity index (χ0v) is 9.78. The zero-order valence-electron chi connectivity index (χ0n) is 9.78. The summed E-state index contributed by atoms with van der Waals surface area (Å²) in [6.45, 7) is -0.856. The fraction of sp³-hybridized carbons (Fsp3) is 0.818. The lowest BCUT2D eigenvalue weighted by molar-refractivity contribution is -0.144. The van der Waals surface area contributed by atoms with E-state index in [1.165, 1.54) is 0 Å². The number of aliphatic carboxylic acids is 1. The molecule has 1 aliphatic rings. The second-order valence-corrected chi connectivity index (χ2v) is 4.43. The van der Waals surface area contributed by atoms with Gasteiger partial charge in [0.25, 0.3) is 0 Å². The molecule has 1 aliphatic carbocycles. The van der Waals surface area contributed by atoms with E-state index in [2.05, 4.69) is 5.32 Å². The summed E-state index contributed by atoms with van der Waals surface area (Å²) in [5.41, 5.74) is -0.540. The third-order valence-corrected chi connectivity index (χ3v) is 2.98. The molecule has 1 amide bonds. The lowest BCUT2D eigenvalue weighted by Crippen LogP contribution is -2.53. The van der Waals surface area contributed by atoms with Crippen molar-refractivity contribution >= 4 is 11.9 Å². The summed E-state index contributed by atoms with van der Waals surface area (Å²) < 4.78 is 4.69. The number of carbonyl (C=O) groups is 2. The Labute approximate surface area is 100.0 Å². The highest BCUT2D eigenvalue weighted by molar-refractivity contribution is 5.78. The first-order chi connectivity index (χ1) is 8.08. The number of aliphatic hydroxyl groups is 1. The van der Waals surface area contributed by atoms with Crippen molar-refractivity contribution in [3.05, 3.63) is 0 Å². The number of amides is 1. The summed E-state index contributed by atoms with van der Waals surface area (Å²) >= 11 is 0. The average Bonchev–Trinajstić information content (AvgIpc) is 2.29. The minimum Gasteiger partial charge on any atom is -0.480 e. The normalized spacial score (nSPS) is 18.6. The van der Waals surface area contributed by atoms with Crippen LogP contribution in [0.4, 0.5) is 0 Å². The standard InChI is InChI=1S/C11H19NO5/c13-8-11(4-2-1-3-5-11)12-9(14)6-17-7-10(15)16/h13H,1-8H2,(H,12,14)(H,15,16). The number of rotatable bonds is 6. The van der Waals surface area contributed by atoms with Gasteiger partial charge < -0.3 is 20.3 Å². The van der Waals surface area contributed by atoms with Crippen LogP contribution in [0.2, 0.25) is 0 Å². The first-order valence-electron chi connectivity index (χ1n) is 5.79. The van der Waals surface area contributed by atoms with Crippen LogP contribution < -0.4 is 5.32 Å². The van der Waals surface area contributed by atoms with Crippen molar-refractivity contribution in [1.29, 1.82) is 0 Å². The average molecular weight is 245 g/mol. The van der Waals surface area contributed by atoms with Gasteiger partial charge in [0.05, 0.1) is 12.1 Å². The molecule has 0 unspecified atom stereocenters. The second kappa shape index (κ2) is 6.56. The summed E-state index contributed by atoms with van der Waals surface area (Å²) in [7, 11) is 0. The quantitative estimate of drug-likeness (QED) is 0.607. The van der Waals surface area contributed by atoms with Gasteiger partial charge >= 0.3 is 5.97 Å². The smallest absolute Gasteiger partial charge is 0.329 e. The molecular weight excluding hydrogens is 226 g/mol. The second-order valence-electron chi connectivity index (χ2n) is 4.43. The number of ether oxygens (including phenoxy) is 1. The molecule has 0 heterocycles. The van der Waals surface area contributed by atoms with Crippen LogP contribution in [0.1, 0.15) is 32.1 Å². The van der Waals surface area contributed by atoms with Crippen molar-refractivity contribution in [2.24, 2.45) is 0 Å². The summed E-state index contributed by atoms with van der Waals surface area (Å²) in [6.07, 6.45) is 4.60. The van der Waals surface area contributed by atoms with Gasteiger partial charge in [-0.25, -0.2) is 4.79 Å². The van der Waals surface area contributed by atoms with Crippen LogP contribution in [0.3, 0.4) is 0 Å². The summed E-state index contributed by atoms with van der Waals surface area (Å²) in [5, 5.41) is 20.5. The lowest BCUT2D eigenvalue weighted by atomic mass is 9.82. The van der Waals surface area contributed by atoms with Crippen molar-refractivity contribution in [3.63, 3.8) is 0 Å². The SMILES string of the molecule is O=C(O)COCC(=O)NC1(CO)CCCCC1. The fourth-order valence-corrected chi connectivity index (χ4v) is 2.11. The number of carbonyl (C=O) groups excluding carboxylic acids is 1. The molecular formula is C11H19NO5. The minimum absolute atomic E-state index is 0.0856. The Bertz CT molecular complexity index is 273. The van der Waals surface area contributed by atoms with E-state index in [0.29, 0.717) is 0 Å². The zero-order chi connectivity index (χ0) is 12.7. The lowest BCUT2D eigenvalue weighted by Gasteiger charge is -2.36. The Hall–Kier alpha value is -1.14. The maximum Gasteiger partial charge on any atom is 0.329 e. The number of hydrogen-bond donors (Lipinski definition) is 3. The molecule has 0 spiro atoms. The van der Waals surface area contributed by atoms with Gasteiger partial charge in [-0.05, 0) is 12.8 Å². The molecule has 0 aromatic heterocycles. The van der Waals surface area contributed by atoms with Gasteiger partial charge in [-0.15, -0.1) is 0 Å². The van der Waals surface area contributed by atoms with Crippen LogP contribution in [0.25, 0.3) is 0 Å². The molecule has 1 rings (SSSR count). The molecule has 1 saturated carbocycles. The van der Waals surface area contributed by atoms with E-state index < -0.39 is 18.1 Å². The van der Waals surface area contributed by atoms with E-state index in [4.69, 9.17) is 9.84 Å². The summed E-state index contributed by atoms with van der Waals surface area (Å²) in [6, 6.07) is 0. The predicted octanol–water partition coefficient (Wildman–Crippen LogP) is -0.101. The Morgan fingerprint density at radius 3 is 2.35 bits per heavy atom. The van der Waals surface area contributed by atoms with Crippen LogP contribution in [0, 0.1) is 0 Å². The van der Waals surface area contributed by atoms with Crippen molar-refractivity contribution < 1.29 is 24.5 Å². The Kier molecular flexibility index (Phi) is 5.37. The number of hydrogen-bond acceptors (Lipinski definition) is 4. The molecule has 6 nitrogen and oxygen atoms in total. The molecule has 0 saturated heterocycles. The van der Waals surface area contributed by atoms with Crippen LogP contribution in [-0.4, -0.2) is 47.4 Å². The van der Waals surface area contributed by atoms with Gasteiger partial charge in [-0.2, -0.15) is 0 Å².